The molecule has 0 aliphatic rings. The molecule has 2 rings (SSSR count). The number of nitrogens with one attached hydrogen (secondary N) is 1. The lowest BCUT2D eigenvalue weighted by Gasteiger charge is -2.31. The zero-order valence-electron chi connectivity index (χ0n) is 22.3. The van der Waals surface area contributed by atoms with Crippen LogP contribution in [0.1, 0.15) is 56.2 Å². The van der Waals surface area contributed by atoms with E-state index in [1.807, 2.05) is 76.2 Å². The van der Waals surface area contributed by atoms with Crippen LogP contribution in [0.25, 0.3) is 0 Å². The van der Waals surface area contributed by atoms with Crippen LogP contribution in [0.4, 0.5) is 5.69 Å². The molecule has 7 nitrogen and oxygen atoms in total. The van der Waals surface area contributed by atoms with Gasteiger partial charge in [0.1, 0.15) is 6.04 Å². The van der Waals surface area contributed by atoms with Gasteiger partial charge in [-0.25, -0.2) is 8.42 Å². The Morgan fingerprint density at radius 3 is 2.31 bits per heavy atom. The van der Waals surface area contributed by atoms with Crippen LogP contribution >= 0.6 is 0 Å². The SMILES string of the molecule is CCCNC(=O)[C@H](CC)N(CCc1ccccc1)C(=O)CCCN(c1cc(C)ccc1C)S(C)(=O)=O. The maximum absolute atomic E-state index is 13.4. The monoisotopic (exact) mass is 515 g/mol. The number of benzene rings is 2. The summed E-state index contributed by atoms with van der Waals surface area (Å²) in [7, 11) is -3.52. The van der Waals surface area contributed by atoms with Crippen LogP contribution in [0.3, 0.4) is 0 Å². The zero-order chi connectivity index (χ0) is 26.7. The molecule has 2 amide bonds. The van der Waals surface area contributed by atoms with Crippen molar-refractivity contribution in [3.05, 3.63) is 65.2 Å². The molecule has 0 radical (unpaired) electrons. The number of amides is 2. The summed E-state index contributed by atoms with van der Waals surface area (Å²) < 4.78 is 26.5. The zero-order valence-corrected chi connectivity index (χ0v) is 23.1. The van der Waals surface area contributed by atoms with Crippen molar-refractivity contribution in [3.8, 4) is 0 Å². The molecule has 0 aromatic heterocycles. The lowest BCUT2D eigenvalue weighted by atomic mass is 10.1. The summed E-state index contributed by atoms with van der Waals surface area (Å²) in [4.78, 5) is 27.9. The predicted octanol–water partition coefficient (Wildman–Crippen LogP) is 4.23. The molecule has 0 fully saturated rings. The topological polar surface area (TPSA) is 86.8 Å². The molecule has 36 heavy (non-hydrogen) atoms. The predicted molar refractivity (Wildman–Crippen MR) is 147 cm³/mol. The summed E-state index contributed by atoms with van der Waals surface area (Å²) in [6.07, 6.45) is 3.67. The standard InChI is InChI=1S/C28H41N3O4S/c1-6-18-29-28(33)25(7-2)30(20-17-24-12-9-8-10-13-24)27(32)14-11-19-31(36(5,34)35)26-21-22(3)15-16-23(26)4/h8-10,12-13,15-16,21,25H,6-7,11,14,17-20H2,1-5H3,(H,29,33)/t25-/m0/s1. The highest BCUT2D eigenvalue weighted by atomic mass is 32.2. The fraction of sp³-hybridized carbons (Fsp3) is 0.500. The van der Waals surface area contributed by atoms with Gasteiger partial charge in [0.25, 0.3) is 0 Å². The maximum atomic E-state index is 13.4. The van der Waals surface area contributed by atoms with Crippen molar-refractivity contribution in [2.45, 2.75) is 65.8 Å². The molecule has 1 atom stereocenters. The van der Waals surface area contributed by atoms with Crippen LogP contribution in [0.15, 0.2) is 48.5 Å². The first-order valence-corrected chi connectivity index (χ1v) is 14.6. The van der Waals surface area contributed by atoms with Crippen LogP contribution in [-0.2, 0) is 26.0 Å². The highest BCUT2D eigenvalue weighted by Crippen LogP contribution is 2.24. The minimum Gasteiger partial charge on any atom is -0.354 e. The summed E-state index contributed by atoms with van der Waals surface area (Å²) >= 11 is 0. The van der Waals surface area contributed by atoms with Gasteiger partial charge in [0.2, 0.25) is 21.8 Å². The molecule has 0 heterocycles. The first-order valence-electron chi connectivity index (χ1n) is 12.7. The Morgan fingerprint density at radius 2 is 1.69 bits per heavy atom. The van der Waals surface area contributed by atoms with Crippen LogP contribution in [0.5, 0.6) is 0 Å². The smallest absolute Gasteiger partial charge is 0.242 e. The largest absolute Gasteiger partial charge is 0.354 e. The number of carbonyl (C=O) groups excluding carboxylic acids is 2. The van der Waals surface area contributed by atoms with Crippen molar-refractivity contribution >= 4 is 27.5 Å². The number of anilines is 1. The van der Waals surface area contributed by atoms with Crippen molar-refractivity contribution < 1.29 is 18.0 Å². The Bertz CT molecular complexity index is 1100. The van der Waals surface area contributed by atoms with Gasteiger partial charge in [-0.3, -0.25) is 13.9 Å². The third-order valence-corrected chi connectivity index (χ3v) is 7.38. The molecule has 0 spiro atoms. The molecule has 2 aromatic carbocycles. The molecule has 0 aliphatic heterocycles. The van der Waals surface area contributed by atoms with Gasteiger partial charge in [-0.15, -0.1) is 0 Å². The van der Waals surface area contributed by atoms with E-state index < -0.39 is 16.1 Å². The third kappa shape index (κ3) is 8.66. The number of carbonyl (C=O) groups is 2. The fourth-order valence-electron chi connectivity index (χ4n) is 4.23. The van der Waals surface area contributed by atoms with Gasteiger partial charge in [-0.05, 0) is 62.3 Å². The fourth-order valence-corrected chi connectivity index (χ4v) is 5.25. The number of sulfonamides is 1. The van der Waals surface area contributed by atoms with E-state index in [1.165, 1.54) is 10.6 Å². The Kier molecular flexibility index (Phi) is 11.4. The molecule has 2 aromatic rings. The van der Waals surface area contributed by atoms with Crippen LogP contribution in [0.2, 0.25) is 0 Å². The summed E-state index contributed by atoms with van der Waals surface area (Å²) in [5.74, 6) is -0.284. The van der Waals surface area contributed by atoms with Crippen LogP contribution < -0.4 is 9.62 Å². The second-order valence-corrected chi connectivity index (χ2v) is 11.2. The molecular formula is C28H41N3O4S. The number of hydrogen-bond donors (Lipinski definition) is 1. The molecular weight excluding hydrogens is 474 g/mol. The molecule has 1 N–H and O–H groups in total. The van der Waals surface area contributed by atoms with Gasteiger partial charge >= 0.3 is 0 Å². The van der Waals surface area contributed by atoms with E-state index >= 15 is 0 Å². The Labute approximate surface area is 216 Å². The first-order chi connectivity index (χ1) is 17.1. The minimum absolute atomic E-state index is 0.140. The van der Waals surface area contributed by atoms with Gasteiger partial charge < -0.3 is 10.2 Å². The summed E-state index contributed by atoms with van der Waals surface area (Å²) in [5, 5.41) is 2.92. The first kappa shape index (κ1) is 29.4. The number of rotatable bonds is 14. The summed E-state index contributed by atoms with van der Waals surface area (Å²) in [6, 6.07) is 15.0. The Morgan fingerprint density at radius 1 is 1.00 bits per heavy atom. The van der Waals surface area contributed by atoms with Gasteiger partial charge in [-0.1, -0.05) is 56.3 Å². The van der Waals surface area contributed by atoms with Crippen molar-refractivity contribution in [1.82, 2.24) is 10.2 Å². The lowest BCUT2D eigenvalue weighted by molar-refractivity contribution is -0.140. The molecule has 0 bridgehead atoms. The number of nitrogens with zero attached hydrogens (tertiary/aromatic N) is 2. The van der Waals surface area contributed by atoms with Crippen LogP contribution in [-0.4, -0.2) is 57.1 Å². The normalized spacial score (nSPS) is 12.1. The van der Waals surface area contributed by atoms with E-state index in [0.717, 1.165) is 23.1 Å². The highest BCUT2D eigenvalue weighted by molar-refractivity contribution is 7.92. The van der Waals surface area contributed by atoms with E-state index in [4.69, 9.17) is 0 Å². The van der Waals surface area contributed by atoms with Gasteiger partial charge in [0, 0.05) is 26.1 Å². The Balaban J connectivity index is 2.17. The second kappa shape index (κ2) is 14.0. The molecule has 8 heteroatoms. The summed E-state index contributed by atoms with van der Waals surface area (Å²) in [6.45, 7) is 8.88. The van der Waals surface area contributed by atoms with Crippen molar-refractivity contribution in [2.75, 3.05) is 30.2 Å². The number of aryl methyl sites for hydroxylation is 2. The minimum atomic E-state index is -3.52. The molecule has 0 saturated carbocycles. The van der Waals surface area contributed by atoms with Crippen molar-refractivity contribution in [3.63, 3.8) is 0 Å². The van der Waals surface area contributed by atoms with Gasteiger partial charge in [0.05, 0.1) is 11.9 Å². The second-order valence-electron chi connectivity index (χ2n) is 9.27. The van der Waals surface area contributed by atoms with E-state index in [9.17, 15) is 18.0 Å². The molecule has 0 unspecified atom stereocenters. The third-order valence-electron chi connectivity index (χ3n) is 6.20. The highest BCUT2D eigenvalue weighted by Gasteiger charge is 2.28. The quantitative estimate of drug-likeness (QED) is 0.408. The van der Waals surface area contributed by atoms with E-state index in [2.05, 4.69) is 5.32 Å². The van der Waals surface area contributed by atoms with Gasteiger partial charge in [-0.2, -0.15) is 0 Å². The van der Waals surface area contributed by atoms with Crippen LogP contribution in [0, 0.1) is 13.8 Å². The van der Waals surface area contributed by atoms with E-state index in [0.29, 0.717) is 38.0 Å². The van der Waals surface area contributed by atoms with Gasteiger partial charge in [0.15, 0.2) is 0 Å². The summed E-state index contributed by atoms with van der Waals surface area (Å²) in [5.41, 5.74) is 3.56. The molecule has 0 saturated heterocycles. The number of hydrogen-bond acceptors (Lipinski definition) is 4. The maximum Gasteiger partial charge on any atom is 0.242 e. The van der Waals surface area contributed by atoms with Crippen molar-refractivity contribution in [2.24, 2.45) is 0 Å². The average molecular weight is 516 g/mol. The Hall–Kier alpha value is -2.87. The van der Waals surface area contributed by atoms with Crippen molar-refractivity contribution in [1.29, 1.82) is 0 Å². The molecule has 198 valence electrons. The van der Waals surface area contributed by atoms with E-state index in [1.54, 1.807) is 4.90 Å². The lowest BCUT2D eigenvalue weighted by Crippen LogP contribution is -2.50. The average Bonchev–Trinajstić information content (AvgIpc) is 2.84. The molecule has 0 aliphatic carbocycles. The van der Waals surface area contributed by atoms with E-state index in [-0.39, 0.29) is 24.8 Å².